The molecule has 0 bridgehead atoms. The molecule has 3 N–H and O–H groups in total. The maximum Gasteiger partial charge on any atom is 0.232 e. The summed E-state index contributed by atoms with van der Waals surface area (Å²) in [6, 6.07) is 6.90. The molecule has 0 aliphatic rings. The molecule has 1 aromatic carbocycles. The number of phenolic OH excluding ortho intramolecular Hbond substituents is 1. The third-order valence-electron chi connectivity index (χ3n) is 4.90. The molecule has 1 heterocycles. The first-order chi connectivity index (χ1) is 12.7. The second-order valence-electron chi connectivity index (χ2n) is 9.42. The number of rotatable bonds is 5. The highest BCUT2D eigenvalue weighted by Gasteiger charge is 2.34. The third kappa shape index (κ3) is 5.22. The number of hydrogen-bond acceptors (Lipinski definition) is 4. The predicted molar refractivity (Wildman–Crippen MR) is 113 cm³/mol. The molecule has 2 aromatic rings. The Labute approximate surface area is 167 Å². The molecule has 0 aliphatic carbocycles. The van der Waals surface area contributed by atoms with Gasteiger partial charge in [0, 0.05) is 18.6 Å². The van der Waals surface area contributed by atoms with Crippen molar-refractivity contribution in [2.45, 2.75) is 64.6 Å². The first kappa shape index (κ1) is 22.6. The van der Waals surface area contributed by atoms with Crippen LogP contribution in [0.4, 0.5) is 0 Å². The van der Waals surface area contributed by atoms with E-state index in [0.717, 1.165) is 5.56 Å². The van der Waals surface area contributed by atoms with E-state index in [2.05, 4.69) is 4.98 Å². The van der Waals surface area contributed by atoms with Gasteiger partial charge in [-0.15, -0.1) is 0 Å². The van der Waals surface area contributed by atoms with Crippen molar-refractivity contribution in [3.63, 3.8) is 0 Å². The molecule has 2 unspecified atom stereocenters. The average molecular weight is 405 g/mol. The van der Waals surface area contributed by atoms with E-state index in [-0.39, 0.29) is 22.7 Å². The van der Waals surface area contributed by atoms with Crippen LogP contribution in [0.1, 0.15) is 69.6 Å². The Bertz CT molecular complexity index is 831. The Morgan fingerprint density at radius 3 is 1.89 bits per heavy atom. The van der Waals surface area contributed by atoms with E-state index in [1.807, 2.05) is 41.5 Å². The minimum absolute atomic E-state index is 0.0330. The van der Waals surface area contributed by atoms with Gasteiger partial charge in [-0.2, -0.15) is 0 Å². The van der Waals surface area contributed by atoms with E-state index in [0.29, 0.717) is 23.1 Å². The smallest absolute Gasteiger partial charge is 0.232 e. The number of pyridine rings is 1. The zero-order valence-corrected chi connectivity index (χ0v) is 18.5. The molecule has 5 nitrogen and oxygen atoms in total. The van der Waals surface area contributed by atoms with Gasteiger partial charge in [0.1, 0.15) is 5.75 Å². The van der Waals surface area contributed by atoms with Crippen LogP contribution in [0.2, 0.25) is 0 Å². The van der Waals surface area contributed by atoms with E-state index in [1.54, 1.807) is 36.7 Å². The normalized spacial score (nSPS) is 15.9. The molecule has 0 saturated carbocycles. The highest BCUT2D eigenvalue weighted by molar-refractivity contribution is 7.58. The van der Waals surface area contributed by atoms with Gasteiger partial charge in [-0.25, -0.2) is 0 Å². The van der Waals surface area contributed by atoms with Gasteiger partial charge in [-0.3, -0.25) is 9.55 Å². The van der Waals surface area contributed by atoms with Gasteiger partial charge in [0.05, 0.1) is 0 Å². The number of aromatic nitrogens is 1. The van der Waals surface area contributed by atoms with Crippen LogP contribution >= 0.6 is 7.37 Å². The summed E-state index contributed by atoms with van der Waals surface area (Å²) in [6.07, 6.45) is 3.62. The fourth-order valence-electron chi connectivity index (χ4n) is 3.14. The van der Waals surface area contributed by atoms with Gasteiger partial charge < -0.3 is 15.1 Å². The first-order valence-corrected chi connectivity index (χ1v) is 11.4. The van der Waals surface area contributed by atoms with Crippen LogP contribution in [0.5, 0.6) is 5.75 Å². The van der Waals surface area contributed by atoms with Crippen LogP contribution in [0.25, 0.3) is 0 Å². The standard InChI is InChI=1S/C22H32NO4P/c1-21(2,3)17-13-16(14-18(19(17)24)22(4,5)6)20(25)28(26,27)12-9-15-7-10-23-11-8-15/h7-8,10-11,13-14,20,24-25H,9,12H2,1-6H3,(H,26,27). The van der Waals surface area contributed by atoms with Gasteiger partial charge in [-0.05, 0) is 63.8 Å². The van der Waals surface area contributed by atoms with Gasteiger partial charge in [0.2, 0.25) is 7.37 Å². The summed E-state index contributed by atoms with van der Waals surface area (Å²) >= 11 is 0. The summed E-state index contributed by atoms with van der Waals surface area (Å²) in [5, 5.41) is 21.6. The largest absolute Gasteiger partial charge is 0.507 e. The first-order valence-electron chi connectivity index (χ1n) is 9.50. The van der Waals surface area contributed by atoms with Crippen molar-refractivity contribution in [1.29, 1.82) is 0 Å². The van der Waals surface area contributed by atoms with Crippen molar-refractivity contribution in [1.82, 2.24) is 4.98 Å². The highest BCUT2D eigenvalue weighted by Crippen LogP contribution is 2.55. The molecule has 1 aromatic heterocycles. The van der Waals surface area contributed by atoms with Gasteiger partial charge in [0.15, 0.2) is 5.85 Å². The maximum absolute atomic E-state index is 12.9. The summed E-state index contributed by atoms with van der Waals surface area (Å²) in [7, 11) is -3.88. The summed E-state index contributed by atoms with van der Waals surface area (Å²) in [4.78, 5) is 14.5. The zero-order chi connectivity index (χ0) is 21.3. The maximum atomic E-state index is 12.9. The second kappa shape index (κ2) is 7.98. The molecule has 0 radical (unpaired) electrons. The molecule has 154 valence electrons. The van der Waals surface area contributed by atoms with Crippen LogP contribution in [-0.4, -0.2) is 26.3 Å². The molecular formula is C22H32NO4P. The van der Waals surface area contributed by atoms with Gasteiger partial charge in [0.25, 0.3) is 0 Å². The van der Waals surface area contributed by atoms with Crippen molar-refractivity contribution in [3.05, 3.63) is 58.9 Å². The van der Waals surface area contributed by atoms with Crippen LogP contribution < -0.4 is 0 Å². The SMILES string of the molecule is CC(C)(C)c1cc(C(O)P(=O)(O)CCc2ccncc2)cc(C(C)(C)C)c1O. The second-order valence-corrected chi connectivity index (χ2v) is 11.9. The molecule has 0 saturated heterocycles. The quantitative estimate of drug-likeness (QED) is 0.617. The van der Waals surface area contributed by atoms with E-state index < -0.39 is 13.2 Å². The van der Waals surface area contributed by atoms with Gasteiger partial charge in [-0.1, -0.05) is 41.5 Å². The Kier molecular flexibility index (Phi) is 6.44. The lowest BCUT2D eigenvalue weighted by atomic mass is 9.78. The van der Waals surface area contributed by atoms with Gasteiger partial charge >= 0.3 is 0 Å². The summed E-state index contributed by atoms with van der Waals surface area (Å²) in [5.41, 5.74) is 1.82. The molecular weight excluding hydrogens is 373 g/mol. The average Bonchev–Trinajstić information content (AvgIpc) is 2.58. The number of hydrogen-bond donors (Lipinski definition) is 3. The Balaban J connectivity index is 2.43. The minimum atomic E-state index is -3.88. The lowest BCUT2D eigenvalue weighted by Gasteiger charge is -2.29. The van der Waals surface area contributed by atoms with Crippen molar-refractivity contribution in [3.8, 4) is 5.75 Å². The van der Waals surface area contributed by atoms with E-state index in [9.17, 15) is 19.7 Å². The van der Waals surface area contributed by atoms with Crippen molar-refractivity contribution < 1.29 is 19.7 Å². The lowest BCUT2D eigenvalue weighted by molar-refractivity contribution is 0.234. The molecule has 6 heteroatoms. The van der Waals surface area contributed by atoms with Crippen molar-refractivity contribution in [2.24, 2.45) is 0 Å². The number of aryl methyl sites for hydroxylation is 1. The molecule has 0 fully saturated rings. The Morgan fingerprint density at radius 1 is 1.00 bits per heavy atom. The number of nitrogens with zero attached hydrogens (tertiary/aromatic N) is 1. The fourth-order valence-corrected chi connectivity index (χ4v) is 4.58. The van der Waals surface area contributed by atoms with Crippen molar-refractivity contribution in [2.75, 3.05) is 6.16 Å². The monoisotopic (exact) mass is 405 g/mol. The Hall–Kier alpha value is -1.68. The van der Waals surface area contributed by atoms with Crippen LogP contribution in [0.15, 0.2) is 36.7 Å². The molecule has 0 amide bonds. The molecule has 2 atom stereocenters. The van der Waals surface area contributed by atoms with Crippen LogP contribution in [-0.2, 0) is 21.8 Å². The van der Waals surface area contributed by atoms with Crippen LogP contribution in [0.3, 0.4) is 0 Å². The van der Waals surface area contributed by atoms with E-state index in [4.69, 9.17) is 0 Å². The zero-order valence-electron chi connectivity index (χ0n) is 17.6. The fraction of sp³-hybridized carbons (Fsp3) is 0.500. The highest BCUT2D eigenvalue weighted by atomic mass is 31.2. The summed E-state index contributed by atoms with van der Waals surface area (Å²) < 4.78 is 12.9. The van der Waals surface area contributed by atoms with E-state index in [1.165, 1.54) is 0 Å². The van der Waals surface area contributed by atoms with Crippen molar-refractivity contribution >= 4 is 7.37 Å². The minimum Gasteiger partial charge on any atom is -0.507 e. The number of aromatic hydroxyl groups is 1. The summed E-state index contributed by atoms with van der Waals surface area (Å²) in [6.45, 7) is 11.8. The molecule has 0 spiro atoms. The Morgan fingerprint density at radius 2 is 1.46 bits per heavy atom. The van der Waals surface area contributed by atoms with Crippen LogP contribution in [0, 0.1) is 0 Å². The number of aliphatic hydroxyl groups excluding tert-OH is 1. The number of aliphatic hydroxyl groups is 1. The molecule has 2 rings (SSSR count). The lowest BCUT2D eigenvalue weighted by Crippen LogP contribution is -2.18. The molecule has 0 aliphatic heterocycles. The number of phenols is 1. The van der Waals surface area contributed by atoms with E-state index >= 15 is 0 Å². The summed E-state index contributed by atoms with van der Waals surface area (Å²) in [5.74, 6) is -1.32. The molecule has 28 heavy (non-hydrogen) atoms. The number of benzene rings is 1. The third-order valence-corrected chi connectivity index (χ3v) is 6.83. The predicted octanol–water partition coefficient (Wildman–Crippen LogP) is 4.89. The topological polar surface area (TPSA) is 90.7 Å².